The average Bonchev–Trinajstić information content (AvgIpc) is 2.44. The highest BCUT2D eigenvalue weighted by atomic mass is 79.9. The fraction of sp³-hybridized carbons (Fsp3) is 0.429. The van der Waals surface area contributed by atoms with Crippen molar-refractivity contribution in [1.29, 1.82) is 0 Å². The van der Waals surface area contributed by atoms with Crippen molar-refractivity contribution in [2.24, 2.45) is 0 Å². The van der Waals surface area contributed by atoms with Crippen LogP contribution in [-0.4, -0.2) is 28.4 Å². The quantitative estimate of drug-likeness (QED) is 0.713. The Balaban J connectivity index is 3.44. The van der Waals surface area contributed by atoms with Crippen LogP contribution in [0.1, 0.15) is 18.1 Å². The molecule has 0 amide bonds. The first-order valence-electron chi connectivity index (χ1n) is 5.76. The number of benzene rings is 1. The van der Waals surface area contributed by atoms with E-state index in [0.29, 0.717) is 23.7 Å². The maximum Gasteiger partial charge on any atom is 0.204 e. The molecule has 0 bridgehead atoms. The van der Waals surface area contributed by atoms with Gasteiger partial charge in [-0.25, -0.2) is 0 Å². The van der Waals surface area contributed by atoms with Crippen LogP contribution >= 0.6 is 15.9 Å². The van der Waals surface area contributed by atoms with E-state index in [2.05, 4.69) is 22.5 Å². The van der Waals surface area contributed by atoms with Crippen LogP contribution in [-0.2, 0) is 4.74 Å². The molecule has 0 aromatic heterocycles. The van der Waals surface area contributed by atoms with Gasteiger partial charge in [0.15, 0.2) is 11.5 Å². The van der Waals surface area contributed by atoms with Crippen molar-refractivity contribution in [2.75, 3.05) is 28.4 Å². The molecule has 106 valence electrons. The Morgan fingerprint density at radius 3 is 2.21 bits per heavy atom. The van der Waals surface area contributed by atoms with Crippen LogP contribution in [0.2, 0.25) is 0 Å². The van der Waals surface area contributed by atoms with Gasteiger partial charge in [-0.05, 0) is 28.4 Å². The summed E-state index contributed by atoms with van der Waals surface area (Å²) in [4.78, 5) is 0. The molecule has 1 rings (SSSR count). The molecule has 0 radical (unpaired) electrons. The second-order valence-electron chi connectivity index (χ2n) is 3.80. The molecule has 0 spiro atoms. The van der Waals surface area contributed by atoms with E-state index < -0.39 is 0 Å². The zero-order chi connectivity index (χ0) is 14.4. The van der Waals surface area contributed by atoms with Crippen LogP contribution in [0.3, 0.4) is 0 Å². The zero-order valence-electron chi connectivity index (χ0n) is 11.7. The normalized spacial score (nSPS) is 11.8. The molecule has 1 atom stereocenters. The van der Waals surface area contributed by atoms with Gasteiger partial charge in [-0.3, -0.25) is 0 Å². The van der Waals surface area contributed by atoms with Crippen LogP contribution in [0.25, 0.3) is 0 Å². The predicted molar refractivity (Wildman–Crippen MR) is 78.4 cm³/mol. The van der Waals surface area contributed by atoms with Crippen molar-refractivity contribution in [2.45, 2.75) is 12.5 Å². The Labute approximate surface area is 122 Å². The molecule has 0 aliphatic heterocycles. The molecular weight excluding hydrogens is 312 g/mol. The fourth-order valence-corrected chi connectivity index (χ4v) is 2.59. The Morgan fingerprint density at radius 2 is 1.79 bits per heavy atom. The lowest BCUT2D eigenvalue weighted by atomic mass is 10.0. The molecule has 0 saturated carbocycles. The Hall–Kier alpha value is -1.20. The third-order valence-corrected chi connectivity index (χ3v) is 3.63. The third kappa shape index (κ3) is 3.22. The largest absolute Gasteiger partial charge is 0.493 e. The summed E-state index contributed by atoms with van der Waals surface area (Å²) in [7, 11) is 6.40. The van der Waals surface area contributed by atoms with Crippen molar-refractivity contribution < 1.29 is 18.9 Å². The van der Waals surface area contributed by atoms with E-state index in [1.807, 2.05) is 12.1 Å². The number of ether oxygens (including phenoxy) is 4. The standard InChI is InChI=1S/C14H19BrO4/c1-6-7-10(16-2)9-8-11(17-3)13(18-4)14(19-5)12(9)15/h6,8,10H,1,7H2,2-5H3. The molecule has 1 aromatic carbocycles. The highest BCUT2D eigenvalue weighted by Crippen LogP contribution is 2.47. The smallest absolute Gasteiger partial charge is 0.204 e. The van der Waals surface area contributed by atoms with E-state index in [1.54, 1.807) is 28.4 Å². The zero-order valence-corrected chi connectivity index (χ0v) is 13.2. The molecule has 0 saturated heterocycles. The number of methoxy groups -OCH3 is 4. The lowest BCUT2D eigenvalue weighted by molar-refractivity contribution is 0.105. The van der Waals surface area contributed by atoms with Gasteiger partial charge < -0.3 is 18.9 Å². The highest BCUT2D eigenvalue weighted by Gasteiger charge is 2.23. The van der Waals surface area contributed by atoms with Gasteiger partial charge in [-0.1, -0.05) is 6.08 Å². The summed E-state index contributed by atoms with van der Waals surface area (Å²) in [6.45, 7) is 3.74. The second-order valence-corrected chi connectivity index (χ2v) is 4.59. The Kier molecular flexibility index (Phi) is 6.18. The number of halogens is 1. The van der Waals surface area contributed by atoms with E-state index >= 15 is 0 Å². The maximum atomic E-state index is 5.48. The Bertz CT molecular complexity index is 446. The first-order chi connectivity index (χ1) is 9.14. The van der Waals surface area contributed by atoms with Crippen LogP contribution in [0, 0.1) is 0 Å². The molecule has 0 aliphatic carbocycles. The Morgan fingerprint density at radius 1 is 1.16 bits per heavy atom. The molecule has 0 N–H and O–H groups in total. The molecule has 0 heterocycles. The number of rotatable bonds is 7. The summed E-state index contributed by atoms with van der Waals surface area (Å²) < 4.78 is 22.3. The van der Waals surface area contributed by atoms with Crippen molar-refractivity contribution >= 4 is 15.9 Å². The van der Waals surface area contributed by atoms with Crippen molar-refractivity contribution in [3.05, 3.63) is 28.8 Å². The van der Waals surface area contributed by atoms with Gasteiger partial charge >= 0.3 is 0 Å². The molecule has 0 fully saturated rings. The van der Waals surface area contributed by atoms with E-state index in [9.17, 15) is 0 Å². The highest BCUT2D eigenvalue weighted by molar-refractivity contribution is 9.10. The first kappa shape index (κ1) is 15.9. The number of hydrogen-bond acceptors (Lipinski definition) is 4. The van der Waals surface area contributed by atoms with Gasteiger partial charge in [0.2, 0.25) is 5.75 Å². The maximum absolute atomic E-state index is 5.48. The lowest BCUT2D eigenvalue weighted by Gasteiger charge is -2.21. The molecule has 1 aromatic rings. The molecule has 5 heteroatoms. The van der Waals surface area contributed by atoms with Crippen molar-refractivity contribution in [3.63, 3.8) is 0 Å². The first-order valence-corrected chi connectivity index (χ1v) is 6.55. The van der Waals surface area contributed by atoms with Crippen LogP contribution in [0.15, 0.2) is 23.2 Å². The summed E-state index contributed by atoms with van der Waals surface area (Å²) in [5.74, 6) is 1.74. The average molecular weight is 331 g/mol. The van der Waals surface area contributed by atoms with E-state index in [1.165, 1.54) is 0 Å². The van der Waals surface area contributed by atoms with E-state index in [-0.39, 0.29) is 6.10 Å². The second kappa shape index (κ2) is 7.40. The molecule has 19 heavy (non-hydrogen) atoms. The van der Waals surface area contributed by atoms with Gasteiger partial charge in [-0.15, -0.1) is 6.58 Å². The summed E-state index contributed by atoms with van der Waals surface area (Å²) >= 11 is 3.53. The van der Waals surface area contributed by atoms with Crippen LogP contribution in [0.5, 0.6) is 17.2 Å². The third-order valence-electron chi connectivity index (χ3n) is 2.81. The number of hydrogen-bond donors (Lipinski definition) is 0. The van der Waals surface area contributed by atoms with Gasteiger partial charge in [-0.2, -0.15) is 0 Å². The molecule has 0 aliphatic rings. The topological polar surface area (TPSA) is 36.9 Å². The monoisotopic (exact) mass is 330 g/mol. The lowest BCUT2D eigenvalue weighted by Crippen LogP contribution is -2.05. The van der Waals surface area contributed by atoms with Gasteiger partial charge in [0.25, 0.3) is 0 Å². The van der Waals surface area contributed by atoms with E-state index in [4.69, 9.17) is 18.9 Å². The van der Waals surface area contributed by atoms with Gasteiger partial charge in [0.05, 0.1) is 31.9 Å². The molecular formula is C14H19BrO4. The summed E-state index contributed by atoms with van der Waals surface area (Å²) in [6.07, 6.45) is 2.37. The summed E-state index contributed by atoms with van der Waals surface area (Å²) in [5.41, 5.74) is 0.928. The molecule has 4 nitrogen and oxygen atoms in total. The van der Waals surface area contributed by atoms with Gasteiger partial charge in [0, 0.05) is 12.7 Å². The predicted octanol–water partition coefficient (Wildman–Crippen LogP) is 3.74. The minimum atomic E-state index is -0.124. The van der Waals surface area contributed by atoms with Gasteiger partial charge in [0.1, 0.15) is 0 Å². The minimum Gasteiger partial charge on any atom is -0.493 e. The van der Waals surface area contributed by atoms with Crippen LogP contribution < -0.4 is 14.2 Å². The molecule has 1 unspecified atom stereocenters. The van der Waals surface area contributed by atoms with Crippen molar-refractivity contribution in [1.82, 2.24) is 0 Å². The van der Waals surface area contributed by atoms with E-state index in [0.717, 1.165) is 10.0 Å². The fourth-order valence-electron chi connectivity index (χ4n) is 1.88. The van der Waals surface area contributed by atoms with Crippen LogP contribution in [0.4, 0.5) is 0 Å². The minimum absolute atomic E-state index is 0.124. The SMILES string of the molecule is C=CCC(OC)c1cc(OC)c(OC)c(OC)c1Br. The van der Waals surface area contributed by atoms with Crippen molar-refractivity contribution in [3.8, 4) is 17.2 Å². The summed E-state index contributed by atoms with van der Waals surface area (Å²) in [6, 6.07) is 1.88. The summed E-state index contributed by atoms with van der Waals surface area (Å²) in [5, 5.41) is 0.